The molecule has 0 heterocycles. The number of carbonyl (C=O) groups excluding carboxylic acids is 1. The Morgan fingerprint density at radius 3 is 2.83 bits per heavy atom. The first-order chi connectivity index (χ1) is 5.68. The van der Waals surface area contributed by atoms with Gasteiger partial charge in [0, 0.05) is 15.1 Å². The molecule has 0 saturated heterocycles. The lowest BCUT2D eigenvalue weighted by Gasteiger charge is -2.02. The van der Waals surface area contributed by atoms with E-state index in [0.29, 0.717) is 12.2 Å². The van der Waals surface area contributed by atoms with E-state index in [2.05, 4.69) is 13.2 Å². The summed E-state index contributed by atoms with van der Waals surface area (Å²) in [5, 5.41) is 0. The number of carbonyl (C=O) groups is 1. The largest absolute Gasteiger partial charge is 0.462 e. The zero-order valence-corrected chi connectivity index (χ0v) is 9.05. The molecule has 0 unspecified atom stereocenters. The van der Waals surface area contributed by atoms with Crippen LogP contribution in [0.25, 0.3) is 0 Å². The van der Waals surface area contributed by atoms with Crippen LogP contribution in [-0.2, 0) is 9.53 Å². The predicted molar refractivity (Wildman–Crippen MR) is 53.9 cm³/mol. The summed E-state index contributed by atoms with van der Waals surface area (Å²) in [7, 11) is -0.0924. The van der Waals surface area contributed by atoms with Gasteiger partial charge in [-0.3, -0.25) is 0 Å². The maximum Gasteiger partial charge on any atom is 0.333 e. The van der Waals surface area contributed by atoms with Crippen LogP contribution in [-0.4, -0.2) is 22.1 Å². The van der Waals surface area contributed by atoms with Crippen molar-refractivity contribution in [1.82, 2.24) is 0 Å². The van der Waals surface area contributed by atoms with Crippen molar-refractivity contribution in [1.29, 1.82) is 0 Å². The van der Waals surface area contributed by atoms with Gasteiger partial charge in [-0.1, -0.05) is 12.6 Å². The Labute approximate surface area is 76.1 Å². The van der Waals surface area contributed by atoms with Crippen molar-refractivity contribution in [2.45, 2.75) is 19.4 Å². The van der Waals surface area contributed by atoms with Gasteiger partial charge < -0.3 is 4.74 Å². The van der Waals surface area contributed by atoms with Crippen molar-refractivity contribution in [3.05, 3.63) is 24.4 Å². The Hall–Kier alpha value is -0.833. The lowest BCUT2D eigenvalue weighted by atomic mass is 10.4. The average Bonchev–Trinajstić information content (AvgIpc) is 2.03. The van der Waals surface area contributed by atoms with Crippen molar-refractivity contribution in [3.63, 3.8) is 0 Å². The molecule has 0 bridgehead atoms. The summed E-state index contributed by atoms with van der Waals surface area (Å²) in [6.45, 7) is 9.32. The van der Waals surface area contributed by atoms with E-state index in [4.69, 9.17) is 4.74 Å². The van der Waals surface area contributed by atoms with E-state index in [1.54, 1.807) is 6.92 Å². The molecule has 2 nitrogen and oxygen atoms in total. The standard InChI is InChI=1S/C9H16O2Si/c1-4-12-7-5-6-11-9(10)8(2)3/h4H,1-2,5-7,12H2,3H3. The molecule has 0 N–H and O–H groups in total. The van der Waals surface area contributed by atoms with Gasteiger partial charge >= 0.3 is 5.97 Å². The van der Waals surface area contributed by atoms with Gasteiger partial charge in [-0.25, -0.2) is 4.79 Å². The van der Waals surface area contributed by atoms with Crippen molar-refractivity contribution in [2.75, 3.05) is 6.61 Å². The Morgan fingerprint density at radius 1 is 1.67 bits per heavy atom. The highest BCUT2D eigenvalue weighted by Crippen LogP contribution is 1.95. The van der Waals surface area contributed by atoms with Crippen LogP contribution >= 0.6 is 0 Å². The first-order valence-corrected chi connectivity index (χ1v) is 5.93. The van der Waals surface area contributed by atoms with Gasteiger partial charge in [-0.15, -0.1) is 12.3 Å². The minimum atomic E-state index is -0.282. The molecule has 0 aromatic heterocycles. The lowest BCUT2D eigenvalue weighted by Crippen LogP contribution is -2.06. The molecule has 0 aromatic rings. The zero-order chi connectivity index (χ0) is 9.40. The molecular weight excluding hydrogens is 168 g/mol. The van der Waals surface area contributed by atoms with Gasteiger partial charge in [0.15, 0.2) is 0 Å². The van der Waals surface area contributed by atoms with Crippen LogP contribution in [0.1, 0.15) is 13.3 Å². The summed E-state index contributed by atoms with van der Waals surface area (Å²) in [5.41, 5.74) is 2.47. The maximum atomic E-state index is 10.8. The fourth-order valence-corrected chi connectivity index (χ4v) is 1.46. The minimum absolute atomic E-state index is 0.0924. The first kappa shape index (κ1) is 11.2. The van der Waals surface area contributed by atoms with Crippen molar-refractivity contribution in [2.24, 2.45) is 0 Å². The topological polar surface area (TPSA) is 26.3 Å². The van der Waals surface area contributed by atoms with Crippen LogP contribution in [0, 0.1) is 0 Å². The van der Waals surface area contributed by atoms with E-state index in [-0.39, 0.29) is 15.5 Å². The second-order valence-electron chi connectivity index (χ2n) is 2.70. The fraction of sp³-hybridized carbons (Fsp3) is 0.444. The fourth-order valence-electron chi connectivity index (χ4n) is 0.679. The summed E-state index contributed by atoms with van der Waals surface area (Å²) in [6, 6.07) is 1.16. The number of ether oxygens (including phenoxy) is 1. The molecule has 3 heteroatoms. The molecule has 0 aliphatic heterocycles. The van der Waals surface area contributed by atoms with Crippen LogP contribution in [0.15, 0.2) is 24.4 Å². The Morgan fingerprint density at radius 2 is 2.33 bits per heavy atom. The maximum absolute atomic E-state index is 10.8. The smallest absolute Gasteiger partial charge is 0.333 e. The van der Waals surface area contributed by atoms with Crippen LogP contribution < -0.4 is 0 Å². The Bertz CT molecular complexity index is 175. The molecule has 0 saturated carbocycles. The highest BCUT2D eigenvalue weighted by Gasteiger charge is 2.00. The number of esters is 1. The molecule has 68 valence electrons. The third kappa shape index (κ3) is 5.92. The molecular formula is C9H16O2Si. The number of hydrogen-bond donors (Lipinski definition) is 0. The summed E-state index contributed by atoms with van der Waals surface area (Å²) < 4.78 is 4.90. The summed E-state index contributed by atoms with van der Waals surface area (Å²) in [4.78, 5) is 10.8. The highest BCUT2D eigenvalue weighted by atomic mass is 28.2. The van der Waals surface area contributed by atoms with Gasteiger partial charge in [-0.2, -0.15) is 0 Å². The van der Waals surface area contributed by atoms with E-state index < -0.39 is 0 Å². The average molecular weight is 184 g/mol. The molecule has 0 radical (unpaired) electrons. The van der Waals surface area contributed by atoms with Crippen LogP contribution in [0.4, 0.5) is 0 Å². The minimum Gasteiger partial charge on any atom is -0.462 e. The molecule has 0 amide bonds. The molecule has 0 fully saturated rings. The van der Waals surface area contributed by atoms with Crippen molar-refractivity contribution < 1.29 is 9.53 Å². The molecule has 0 rings (SSSR count). The van der Waals surface area contributed by atoms with Gasteiger partial charge in [0.2, 0.25) is 0 Å². The summed E-state index contributed by atoms with van der Waals surface area (Å²) in [6.07, 6.45) is 0.956. The van der Waals surface area contributed by atoms with Crippen molar-refractivity contribution in [3.8, 4) is 0 Å². The van der Waals surface area contributed by atoms with Crippen LogP contribution in [0.5, 0.6) is 0 Å². The first-order valence-electron chi connectivity index (χ1n) is 4.12. The second kappa shape index (κ2) is 6.85. The Balaban J connectivity index is 3.25. The van der Waals surface area contributed by atoms with E-state index in [0.717, 1.165) is 12.5 Å². The van der Waals surface area contributed by atoms with Gasteiger partial charge in [0.25, 0.3) is 0 Å². The monoisotopic (exact) mass is 184 g/mol. The SMILES string of the molecule is C=C[SiH2]CCCOC(=O)C(=C)C. The highest BCUT2D eigenvalue weighted by molar-refractivity contribution is 6.41. The lowest BCUT2D eigenvalue weighted by molar-refractivity contribution is -0.138. The number of rotatable bonds is 6. The molecule has 0 spiro atoms. The van der Waals surface area contributed by atoms with Gasteiger partial charge in [0.1, 0.15) is 0 Å². The third-order valence-corrected chi connectivity index (χ3v) is 2.70. The molecule has 0 aliphatic carbocycles. The second-order valence-corrected chi connectivity index (χ2v) is 4.56. The van der Waals surface area contributed by atoms with Crippen LogP contribution in [0.3, 0.4) is 0 Å². The molecule has 0 aromatic carbocycles. The van der Waals surface area contributed by atoms with Gasteiger partial charge in [-0.05, 0) is 13.3 Å². The van der Waals surface area contributed by atoms with E-state index in [1.807, 2.05) is 5.70 Å². The van der Waals surface area contributed by atoms with Crippen LogP contribution in [0.2, 0.25) is 6.04 Å². The Kier molecular flexibility index (Phi) is 6.38. The number of hydrogen-bond acceptors (Lipinski definition) is 2. The molecule has 0 aliphatic rings. The summed E-state index contributed by atoms with van der Waals surface area (Å²) >= 11 is 0. The van der Waals surface area contributed by atoms with Gasteiger partial charge in [0.05, 0.1) is 6.61 Å². The molecule has 0 atom stereocenters. The third-order valence-electron chi connectivity index (χ3n) is 1.38. The predicted octanol–water partition coefficient (Wildman–Crippen LogP) is 1.23. The van der Waals surface area contributed by atoms with E-state index in [9.17, 15) is 4.79 Å². The normalized spacial score (nSPS) is 10.1. The zero-order valence-electron chi connectivity index (χ0n) is 7.64. The van der Waals surface area contributed by atoms with Crippen molar-refractivity contribution >= 4 is 15.5 Å². The quantitative estimate of drug-likeness (QED) is 0.268. The molecule has 12 heavy (non-hydrogen) atoms. The van der Waals surface area contributed by atoms with E-state index >= 15 is 0 Å². The summed E-state index contributed by atoms with van der Waals surface area (Å²) in [5.74, 6) is -0.282. The van der Waals surface area contributed by atoms with E-state index in [1.165, 1.54) is 0 Å².